The Morgan fingerprint density at radius 2 is 1.41 bits per heavy atom. The molecule has 2 heterocycles. The highest BCUT2D eigenvalue weighted by Gasteiger charge is 2.17. The number of nitrogens with one attached hydrogen (secondary N) is 1. The van der Waals surface area contributed by atoms with E-state index in [-0.39, 0.29) is 0 Å². The molecular weight excluding hydrogens is 394 g/mol. The van der Waals surface area contributed by atoms with Crippen LogP contribution in [0.15, 0.2) is 91.0 Å². The average molecular weight is 420 g/mol. The summed E-state index contributed by atoms with van der Waals surface area (Å²) in [5.74, 6) is 0.872. The third-order valence-electron chi connectivity index (χ3n) is 5.55. The molecule has 5 aromatic rings. The van der Waals surface area contributed by atoms with Gasteiger partial charge in [-0.15, -0.1) is 0 Å². The third-order valence-corrected chi connectivity index (χ3v) is 5.55. The van der Waals surface area contributed by atoms with E-state index in [1.54, 1.807) is 0 Å². The molecular formula is C27H25N5. The summed E-state index contributed by atoms with van der Waals surface area (Å²) in [7, 11) is 4.08. The summed E-state index contributed by atoms with van der Waals surface area (Å²) in [6, 6.07) is 31.0. The van der Waals surface area contributed by atoms with E-state index in [4.69, 9.17) is 10.1 Å². The summed E-state index contributed by atoms with van der Waals surface area (Å²) in [5.41, 5.74) is 8.07. The summed E-state index contributed by atoms with van der Waals surface area (Å²) < 4.78 is 1.91. The Morgan fingerprint density at radius 1 is 0.781 bits per heavy atom. The molecule has 1 N–H and O–H groups in total. The van der Waals surface area contributed by atoms with Gasteiger partial charge in [0.15, 0.2) is 5.65 Å². The van der Waals surface area contributed by atoms with Gasteiger partial charge in [0.05, 0.1) is 11.4 Å². The van der Waals surface area contributed by atoms with Crippen molar-refractivity contribution in [3.05, 3.63) is 96.7 Å². The predicted octanol–water partition coefficient (Wildman–Crippen LogP) is 6.18. The van der Waals surface area contributed by atoms with Crippen LogP contribution in [0.1, 0.15) is 5.69 Å². The van der Waals surface area contributed by atoms with Crippen LogP contribution in [-0.4, -0.2) is 28.7 Å². The summed E-state index contributed by atoms with van der Waals surface area (Å²) in [6.45, 7) is 2.04. The highest BCUT2D eigenvalue weighted by molar-refractivity contribution is 5.83. The quantitative estimate of drug-likeness (QED) is 0.369. The molecule has 0 saturated carbocycles. The maximum atomic E-state index is 5.04. The average Bonchev–Trinajstić information content (AvgIpc) is 3.16. The molecule has 5 heteroatoms. The van der Waals surface area contributed by atoms with Crippen LogP contribution in [0.25, 0.3) is 28.0 Å². The number of nitrogens with zero attached hydrogens (tertiary/aromatic N) is 4. The summed E-state index contributed by atoms with van der Waals surface area (Å²) in [5, 5.41) is 8.41. The van der Waals surface area contributed by atoms with Crippen molar-refractivity contribution in [2.75, 3.05) is 24.3 Å². The van der Waals surface area contributed by atoms with E-state index in [9.17, 15) is 0 Å². The van der Waals surface area contributed by atoms with Crippen LogP contribution < -0.4 is 10.2 Å². The van der Waals surface area contributed by atoms with Crippen LogP contribution in [-0.2, 0) is 0 Å². The van der Waals surface area contributed by atoms with Crippen LogP contribution in [0.4, 0.5) is 17.2 Å². The molecule has 0 fully saturated rings. The molecule has 0 aliphatic rings. The molecule has 5 nitrogen and oxygen atoms in total. The topological polar surface area (TPSA) is 45.5 Å². The Hall–Kier alpha value is -4.12. The van der Waals surface area contributed by atoms with Crippen LogP contribution in [0.3, 0.4) is 0 Å². The number of anilines is 3. The molecule has 0 aliphatic heterocycles. The van der Waals surface area contributed by atoms with E-state index in [2.05, 4.69) is 64.8 Å². The first-order valence-electron chi connectivity index (χ1n) is 10.7. The Bertz CT molecular complexity index is 1350. The van der Waals surface area contributed by atoms with Gasteiger partial charge >= 0.3 is 0 Å². The maximum Gasteiger partial charge on any atom is 0.166 e. The van der Waals surface area contributed by atoms with Crippen molar-refractivity contribution in [2.24, 2.45) is 0 Å². The van der Waals surface area contributed by atoms with Crippen LogP contribution in [0.2, 0.25) is 0 Å². The van der Waals surface area contributed by atoms with E-state index in [1.807, 2.05) is 61.9 Å². The molecule has 0 radical (unpaired) electrons. The minimum absolute atomic E-state index is 0.836. The van der Waals surface area contributed by atoms with E-state index in [1.165, 1.54) is 0 Å². The SMILES string of the molecule is Cc1nn2c(Nc3ccc(N(C)C)cc3)cc(-c3ccccc3)nc2c1-c1ccccc1. The van der Waals surface area contributed by atoms with Gasteiger partial charge in [-0.05, 0) is 36.8 Å². The first-order chi connectivity index (χ1) is 15.6. The molecule has 0 amide bonds. The normalized spacial score (nSPS) is 11.0. The number of benzene rings is 3. The van der Waals surface area contributed by atoms with Crippen molar-refractivity contribution in [3.63, 3.8) is 0 Å². The minimum atomic E-state index is 0.836. The van der Waals surface area contributed by atoms with Gasteiger partial charge in [0, 0.05) is 42.7 Å². The van der Waals surface area contributed by atoms with Crippen molar-refractivity contribution >= 4 is 22.8 Å². The number of rotatable bonds is 5. The Labute approximate surface area is 188 Å². The second kappa shape index (κ2) is 8.19. The molecule has 3 aromatic carbocycles. The fourth-order valence-electron chi connectivity index (χ4n) is 3.90. The van der Waals surface area contributed by atoms with Gasteiger partial charge in [0.2, 0.25) is 0 Å². The third kappa shape index (κ3) is 3.69. The second-order valence-electron chi connectivity index (χ2n) is 8.02. The standard InChI is InChI=1S/C27H25N5/c1-19-26(21-12-8-5-9-13-21)27-29-24(20-10-6-4-7-11-20)18-25(32(27)30-19)28-22-14-16-23(17-15-22)31(2)3/h4-18,28H,1-3H3. The van der Waals surface area contributed by atoms with Gasteiger partial charge in [-0.2, -0.15) is 9.61 Å². The zero-order chi connectivity index (χ0) is 22.1. The largest absolute Gasteiger partial charge is 0.378 e. The van der Waals surface area contributed by atoms with Crippen LogP contribution in [0.5, 0.6) is 0 Å². The van der Waals surface area contributed by atoms with Crippen molar-refractivity contribution in [1.82, 2.24) is 14.6 Å². The highest BCUT2D eigenvalue weighted by atomic mass is 15.3. The van der Waals surface area contributed by atoms with Gasteiger partial charge < -0.3 is 10.2 Å². The number of aryl methyl sites for hydroxylation is 1. The first kappa shape index (κ1) is 19.8. The lowest BCUT2D eigenvalue weighted by Gasteiger charge is -2.14. The van der Waals surface area contributed by atoms with Crippen LogP contribution >= 0.6 is 0 Å². The molecule has 5 rings (SSSR count). The predicted molar refractivity (Wildman–Crippen MR) is 133 cm³/mol. The zero-order valence-corrected chi connectivity index (χ0v) is 18.4. The molecule has 0 spiro atoms. The molecule has 0 saturated heterocycles. The van der Waals surface area contributed by atoms with Gasteiger partial charge in [0.1, 0.15) is 5.82 Å². The molecule has 0 atom stereocenters. The number of hydrogen-bond donors (Lipinski definition) is 1. The number of fused-ring (bicyclic) bond motifs is 1. The van der Waals surface area contributed by atoms with Crippen molar-refractivity contribution < 1.29 is 0 Å². The lowest BCUT2D eigenvalue weighted by atomic mass is 10.1. The van der Waals surface area contributed by atoms with E-state index in [0.717, 1.165) is 50.9 Å². The van der Waals surface area contributed by atoms with Crippen molar-refractivity contribution in [3.8, 4) is 22.4 Å². The Morgan fingerprint density at radius 3 is 2.03 bits per heavy atom. The van der Waals surface area contributed by atoms with Gasteiger partial charge in [-0.25, -0.2) is 4.98 Å². The van der Waals surface area contributed by atoms with Gasteiger partial charge in [-0.1, -0.05) is 60.7 Å². The molecule has 32 heavy (non-hydrogen) atoms. The summed E-state index contributed by atoms with van der Waals surface area (Å²) in [4.78, 5) is 7.12. The van der Waals surface area contributed by atoms with E-state index < -0.39 is 0 Å². The molecule has 0 unspecified atom stereocenters. The summed E-state index contributed by atoms with van der Waals surface area (Å²) >= 11 is 0. The van der Waals surface area contributed by atoms with Crippen molar-refractivity contribution in [2.45, 2.75) is 6.92 Å². The summed E-state index contributed by atoms with van der Waals surface area (Å²) in [6.07, 6.45) is 0. The van der Waals surface area contributed by atoms with Crippen molar-refractivity contribution in [1.29, 1.82) is 0 Å². The Balaban J connectivity index is 1.69. The molecule has 2 aromatic heterocycles. The maximum absolute atomic E-state index is 5.04. The lowest BCUT2D eigenvalue weighted by molar-refractivity contribution is 0.926. The Kier molecular flexibility index (Phi) is 5.07. The molecule has 158 valence electrons. The minimum Gasteiger partial charge on any atom is -0.378 e. The zero-order valence-electron chi connectivity index (χ0n) is 18.4. The van der Waals surface area contributed by atoms with E-state index >= 15 is 0 Å². The fourth-order valence-corrected chi connectivity index (χ4v) is 3.90. The first-order valence-corrected chi connectivity index (χ1v) is 10.7. The number of hydrogen-bond acceptors (Lipinski definition) is 4. The highest BCUT2D eigenvalue weighted by Crippen LogP contribution is 2.32. The van der Waals surface area contributed by atoms with Gasteiger partial charge in [-0.3, -0.25) is 0 Å². The fraction of sp³-hybridized carbons (Fsp3) is 0.111. The lowest BCUT2D eigenvalue weighted by Crippen LogP contribution is -2.08. The second-order valence-corrected chi connectivity index (χ2v) is 8.02. The molecule has 0 bridgehead atoms. The van der Waals surface area contributed by atoms with E-state index in [0.29, 0.717) is 0 Å². The number of aromatic nitrogens is 3. The molecule has 0 aliphatic carbocycles. The van der Waals surface area contributed by atoms with Gasteiger partial charge in [0.25, 0.3) is 0 Å². The smallest absolute Gasteiger partial charge is 0.166 e. The van der Waals surface area contributed by atoms with Crippen LogP contribution in [0, 0.1) is 6.92 Å². The monoisotopic (exact) mass is 419 g/mol.